The van der Waals surface area contributed by atoms with Gasteiger partial charge < -0.3 is 19.5 Å². The van der Waals surface area contributed by atoms with Crippen LogP contribution in [0.1, 0.15) is 21.6 Å². The van der Waals surface area contributed by atoms with Crippen molar-refractivity contribution in [1.29, 1.82) is 0 Å². The Bertz CT molecular complexity index is 1070. The number of amides is 1. The van der Waals surface area contributed by atoms with Gasteiger partial charge in [-0.3, -0.25) is 4.79 Å². The summed E-state index contributed by atoms with van der Waals surface area (Å²) in [6, 6.07) is 6.94. The predicted molar refractivity (Wildman–Crippen MR) is 108 cm³/mol. The molecule has 1 N–H and O–H groups in total. The van der Waals surface area contributed by atoms with Crippen LogP contribution in [0.25, 0.3) is 11.0 Å². The summed E-state index contributed by atoms with van der Waals surface area (Å²) in [7, 11) is 4.43. The third-order valence-corrected chi connectivity index (χ3v) is 4.67. The van der Waals surface area contributed by atoms with Crippen molar-refractivity contribution in [3.8, 4) is 17.4 Å². The number of aryl methyl sites for hydroxylation is 2. The predicted octanol–water partition coefficient (Wildman–Crippen LogP) is 4.18. The normalized spacial score (nSPS) is 10.6. The summed E-state index contributed by atoms with van der Waals surface area (Å²) in [5.74, 6) is 0.468. The van der Waals surface area contributed by atoms with Gasteiger partial charge in [0.25, 0.3) is 5.91 Å². The SMILES string of the molecule is COc1cc(OC)c(NC(=O)c2nc3cc(C)c(C)cc3nc2OC)cc1Cl. The molecule has 146 valence electrons. The Morgan fingerprint density at radius 1 is 0.893 bits per heavy atom. The van der Waals surface area contributed by atoms with Gasteiger partial charge in [-0.2, -0.15) is 0 Å². The van der Waals surface area contributed by atoms with Gasteiger partial charge in [0, 0.05) is 6.07 Å². The molecule has 0 fully saturated rings. The molecule has 0 bridgehead atoms. The van der Waals surface area contributed by atoms with Crippen LogP contribution >= 0.6 is 11.6 Å². The molecule has 1 amide bonds. The lowest BCUT2D eigenvalue weighted by atomic mass is 10.1. The Hall–Kier alpha value is -3.06. The molecule has 0 aliphatic carbocycles. The summed E-state index contributed by atoms with van der Waals surface area (Å²) in [6.45, 7) is 3.97. The third-order valence-electron chi connectivity index (χ3n) is 4.38. The van der Waals surface area contributed by atoms with E-state index in [-0.39, 0.29) is 11.6 Å². The molecule has 0 saturated heterocycles. The Balaban J connectivity index is 2.04. The minimum Gasteiger partial charge on any atom is -0.495 e. The molecular formula is C20H20ClN3O4. The van der Waals surface area contributed by atoms with Gasteiger partial charge in [-0.15, -0.1) is 0 Å². The Morgan fingerprint density at radius 2 is 1.50 bits per heavy atom. The lowest BCUT2D eigenvalue weighted by molar-refractivity contribution is 0.101. The van der Waals surface area contributed by atoms with Crippen LogP contribution in [0.3, 0.4) is 0 Å². The fourth-order valence-corrected chi connectivity index (χ4v) is 2.97. The Morgan fingerprint density at radius 3 is 2.07 bits per heavy atom. The summed E-state index contributed by atoms with van der Waals surface area (Å²) < 4.78 is 15.8. The first-order valence-electron chi connectivity index (χ1n) is 8.43. The Kier molecular flexibility index (Phi) is 5.56. The molecule has 7 nitrogen and oxygen atoms in total. The molecule has 0 aliphatic rings. The highest BCUT2D eigenvalue weighted by Gasteiger charge is 2.20. The van der Waals surface area contributed by atoms with Crippen LogP contribution in [-0.4, -0.2) is 37.2 Å². The topological polar surface area (TPSA) is 82.6 Å². The number of nitrogens with one attached hydrogen (secondary N) is 1. The van der Waals surface area contributed by atoms with Gasteiger partial charge in [0.2, 0.25) is 5.88 Å². The lowest BCUT2D eigenvalue weighted by Crippen LogP contribution is -2.16. The summed E-state index contributed by atoms with van der Waals surface area (Å²) >= 11 is 6.17. The van der Waals surface area contributed by atoms with Crippen molar-refractivity contribution in [3.05, 3.63) is 46.1 Å². The number of carbonyl (C=O) groups is 1. The van der Waals surface area contributed by atoms with Crippen molar-refractivity contribution in [2.45, 2.75) is 13.8 Å². The highest BCUT2D eigenvalue weighted by Crippen LogP contribution is 2.36. The molecule has 28 heavy (non-hydrogen) atoms. The first kappa shape index (κ1) is 19.7. The van der Waals surface area contributed by atoms with Crippen molar-refractivity contribution in [2.75, 3.05) is 26.6 Å². The average molecular weight is 402 g/mol. The zero-order valence-corrected chi connectivity index (χ0v) is 17.0. The van der Waals surface area contributed by atoms with E-state index < -0.39 is 5.91 Å². The third kappa shape index (κ3) is 3.66. The molecular weight excluding hydrogens is 382 g/mol. The van der Waals surface area contributed by atoms with E-state index in [0.29, 0.717) is 33.2 Å². The van der Waals surface area contributed by atoms with Crippen molar-refractivity contribution < 1.29 is 19.0 Å². The highest BCUT2D eigenvalue weighted by atomic mass is 35.5. The number of nitrogens with zero attached hydrogens (tertiary/aromatic N) is 2. The number of aromatic nitrogens is 2. The number of fused-ring (bicyclic) bond motifs is 1. The van der Waals surface area contributed by atoms with Gasteiger partial charge in [-0.05, 0) is 43.2 Å². The Labute approximate surface area is 167 Å². The molecule has 0 radical (unpaired) electrons. The molecule has 3 rings (SSSR count). The zero-order chi connectivity index (χ0) is 20.4. The summed E-state index contributed by atoms with van der Waals surface area (Å²) in [5, 5.41) is 3.08. The minimum absolute atomic E-state index is 0.0623. The second-order valence-corrected chi connectivity index (χ2v) is 6.56. The van der Waals surface area contributed by atoms with Crippen LogP contribution in [0.4, 0.5) is 5.69 Å². The van der Waals surface area contributed by atoms with E-state index in [0.717, 1.165) is 11.1 Å². The van der Waals surface area contributed by atoms with Crippen molar-refractivity contribution in [2.24, 2.45) is 0 Å². The van der Waals surface area contributed by atoms with Crippen LogP contribution in [0.2, 0.25) is 5.02 Å². The maximum Gasteiger partial charge on any atom is 0.280 e. The van der Waals surface area contributed by atoms with Crippen molar-refractivity contribution >= 4 is 34.2 Å². The number of ether oxygens (including phenoxy) is 3. The van der Waals surface area contributed by atoms with Crippen LogP contribution in [0.15, 0.2) is 24.3 Å². The molecule has 0 saturated carbocycles. The monoisotopic (exact) mass is 401 g/mol. The molecule has 0 atom stereocenters. The quantitative estimate of drug-likeness (QED) is 0.690. The van der Waals surface area contributed by atoms with Crippen LogP contribution < -0.4 is 19.5 Å². The molecule has 0 aliphatic heterocycles. The first-order valence-corrected chi connectivity index (χ1v) is 8.81. The standard InChI is InChI=1S/C20H20ClN3O4/c1-10-6-13-14(7-11(10)2)24-20(28-5)18(22-13)19(25)23-15-8-12(21)16(26-3)9-17(15)27-4/h6-9H,1-5H3,(H,23,25). The van der Waals surface area contributed by atoms with E-state index in [1.54, 1.807) is 12.1 Å². The van der Waals surface area contributed by atoms with Gasteiger partial charge in [0.15, 0.2) is 5.69 Å². The second-order valence-electron chi connectivity index (χ2n) is 6.15. The highest BCUT2D eigenvalue weighted by molar-refractivity contribution is 6.32. The van der Waals surface area contributed by atoms with E-state index in [4.69, 9.17) is 25.8 Å². The minimum atomic E-state index is -0.496. The van der Waals surface area contributed by atoms with Gasteiger partial charge in [-0.1, -0.05) is 11.6 Å². The summed E-state index contributed by atoms with van der Waals surface area (Å²) in [4.78, 5) is 21.8. The maximum absolute atomic E-state index is 12.9. The van der Waals surface area contributed by atoms with Gasteiger partial charge in [0.05, 0.1) is 43.1 Å². The first-order chi connectivity index (χ1) is 13.4. The fraction of sp³-hybridized carbons (Fsp3) is 0.250. The van der Waals surface area contributed by atoms with Gasteiger partial charge in [-0.25, -0.2) is 9.97 Å². The summed E-state index contributed by atoms with van der Waals surface area (Å²) in [6.07, 6.45) is 0. The molecule has 3 aromatic rings. The fourth-order valence-electron chi connectivity index (χ4n) is 2.72. The number of hydrogen-bond acceptors (Lipinski definition) is 6. The average Bonchev–Trinajstić information content (AvgIpc) is 2.68. The second kappa shape index (κ2) is 7.90. The molecule has 1 heterocycles. The lowest BCUT2D eigenvalue weighted by Gasteiger charge is -2.14. The van der Waals surface area contributed by atoms with Gasteiger partial charge >= 0.3 is 0 Å². The molecule has 1 aromatic heterocycles. The largest absolute Gasteiger partial charge is 0.495 e. The smallest absolute Gasteiger partial charge is 0.280 e. The van der Waals surface area contributed by atoms with E-state index >= 15 is 0 Å². The van der Waals surface area contributed by atoms with Crippen LogP contribution in [-0.2, 0) is 0 Å². The number of halogens is 1. The zero-order valence-electron chi connectivity index (χ0n) is 16.2. The molecule has 0 unspecified atom stereocenters. The van der Waals surface area contributed by atoms with E-state index in [1.165, 1.54) is 21.3 Å². The van der Waals surface area contributed by atoms with E-state index in [1.807, 2.05) is 26.0 Å². The molecule has 8 heteroatoms. The van der Waals surface area contributed by atoms with E-state index in [2.05, 4.69) is 15.3 Å². The molecule has 0 spiro atoms. The van der Waals surface area contributed by atoms with Crippen molar-refractivity contribution in [1.82, 2.24) is 9.97 Å². The number of rotatable bonds is 5. The van der Waals surface area contributed by atoms with E-state index in [9.17, 15) is 4.79 Å². The van der Waals surface area contributed by atoms with Crippen LogP contribution in [0, 0.1) is 13.8 Å². The summed E-state index contributed by atoms with van der Waals surface area (Å²) in [5.41, 5.74) is 3.84. The number of benzene rings is 2. The number of methoxy groups -OCH3 is 3. The van der Waals surface area contributed by atoms with Crippen LogP contribution in [0.5, 0.6) is 17.4 Å². The maximum atomic E-state index is 12.9. The van der Waals surface area contributed by atoms with Crippen molar-refractivity contribution in [3.63, 3.8) is 0 Å². The number of hydrogen-bond donors (Lipinski definition) is 1. The van der Waals surface area contributed by atoms with Gasteiger partial charge in [0.1, 0.15) is 11.5 Å². The molecule has 2 aromatic carbocycles. The number of anilines is 1. The number of carbonyl (C=O) groups excluding carboxylic acids is 1.